The first kappa shape index (κ1) is 13.4. The molecule has 2 rings (SSSR count). The van der Waals surface area contributed by atoms with Gasteiger partial charge in [0, 0.05) is 6.04 Å². The van der Waals surface area contributed by atoms with E-state index in [-0.39, 0.29) is 12.0 Å². The van der Waals surface area contributed by atoms with Gasteiger partial charge in [-0.3, -0.25) is 4.79 Å². The highest BCUT2D eigenvalue weighted by atomic mass is 16.6. The van der Waals surface area contributed by atoms with E-state index in [1.807, 2.05) is 6.07 Å². The summed E-state index contributed by atoms with van der Waals surface area (Å²) in [4.78, 5) is 22.6. The molecule has 0 aromatic heterocycles. The molecule has 1 fully saturated rings. The molecule has 1 aromatic rings. The fraction of sp³-hybridized carbons (Fsp3) is 0.429. The number of ether oxygens (including phenoxy) is 1. The zero-order chi connectivity index (χ0) is 13.7. The molecule has 5 nitrogen and oxygen atoms in total. The molecule has 1 aliphatic carbocycles. The minimum Gasteiger partial charge on any atom is -0.481 e. The summed E-state index contributed by atoms with van der Waals surface area (Å²) < 4.78 is 5.12. The van der Waals surface area contributed by atoms with Crippen LogP contribution in [0.1, 0.15) is 25.7 Å². The summed E-state index contributed by atoms with van der Waals surface area (Å²) in [5.41, 5.74) is 0. The lowest BCUT2D eigenvalue weighted by Crippen LogP contribution is -2.41. The smallest absolute Gasteiger partial charge is 0.412 e. The van der Waals surface area contributed by atoms with Crippen molar-refractivity contribution in [2.75, 3.05) is 0 Å². The molecule has 1 amide bonds. The summed E-state index contributed by atoms with van der Waals surface area (Å²) in [6, 6.07) is 8.67. The second-order valence-corrected chi connectivity index (χ2v) is 4.75. The van der Waals surface area contributed by atoms with E-state index in [1.54, 1.807) is 24.3 Å². The summed E-state index contributed by atoms with van der Waals surface area (Å²) in [5, 5.41) is 11.7. The van der Waals surface area contributed by atoms with Gasteiger partial charge in [-0.25, -0.2) is 4.79 Å². The Kier molecular flexibility index (Phi) is 4.39. The molecule has 1 aromatic carbocycles. The molecular weight excluding hydrogens is 246 g/mol. The molecule has 5 heteroatoms. The second-order valence-electron chi connectivity index (χ2n) is 4.75. The number of hydrogen-bond acceptors (Lipinski definition) is 3. The Hall–Kier alpha value is -2.04. The number of benzene rings is 1. The molecule has 0 heterocycles. The van der Waals surface area contributed by atoms with Gasteiger partial charge in [0.2, 0.25) is 0 Å². The van der Waals surface area contributed by atoms with Crippen molar-refractivity contribution in [3.8, 4) is 5.75 Å². The van der Waals surface area contributed by atoms with Crippen molar-refractivity contribution in [3.63, 3.8) is 0 Å². The quantitative estimate of drug-likeness (QED) is 0.878. The Morgan fingerprint density at radius 2 is 1.95 bits per heavy atom. The predicted molar refractivity (Wildman–Crippen MR) is 69.0 cm³/mol. The van der Waals surface area contributed by atoms with E-state index in [4.69, 9.17) is 9.84 Å². The summed E-state index contributed by atoms with van der Waals surface area (Å²) in [6.45, 7) is 0. The van der Waals surface area contributed by atoms with Crippen molar-refractivity contribution >= 4 is 12.1 Å². The maximum absolute atomic E-state index is 11.7. The fourth-order valence-electron chi connectivity index (χ4n) is 2.34. The topological polar surface area (TPSA) is 75.6 Å². The molecule has 2 unspecified atom stereocenters. The Balaban J connectivity index is 1.83. The first-order valence-electron chi connectivity index (χ1n) is 6.41. The molecule has 0 bridgehead atoms. The molecule has 0 radical (unpaired) electrons. The van der Waals surface area contributed by atoms with E-state index < -0.39 is 12.1 Å². The highest BCUT2D eigenvalue weighted by molar-refractivity contribution is 5.72. The number of carbonyl (C=O) groups excluding carboxylic acids is 1. The predicted octanol–water partition coefficient (Wildman–Crippen LogP) is 2.42. The van der Waals surface area contributed by atoms with E-state index >= 15 is 0 Å². The van der Waals surface area contributed by atoms with Crippen molar-refractivity contribution in [2.45, 2.75) is 31.7 Å². The monoisotopic (exact) mass is 263 g/mol. The Morgan fingerprint density at radius 1 is 1.21 bits per heavy atom. The van der Waals surface area contributed by atoms with E-state index in [9.17, 15) is 9.59 Å². The van der Waals surface area contributed by atoms with Crippen molar-refractivity contribution < 1.29 is 19.4 Å². The van der Waals surface area contributed by atoms with Crippen LogP contribution in [-0.2, 0) is 4.79 Å². The number of para-hydroxylation sites is 1. The highest BCUT2D eigenvalue weighted by Crippen LogP contribution is 2.24. The molecule has 0 saturated heterocycles. The third-order valence-corrected chi connectivity index (χ3v) is 3.30. The zero-order valence-electron chi connectivity index (χ0n) is 10.5. The van der Waals surface area contributed by atoms with Gasteiger partial charge in [0.25, 0.3) is 0 Å². The van der Waals surface area contributed by atoms with Crippen LogP contribution in [0.3, 0.4) is 0 Å². The third kappa shape index (κ3) is 3.98. The summed E-state index contributed by atoms with van der Waals surface area (Å²) >= 11 is 0. The molecule has 0 aliphatic heterocycles. The Labute approximate surface area is 111 Å². The highest BCUT2D eigenvalue weighted by Gasteiger charge is 2.28. The van der Waals surface area contributed by atoms with Crippen LogP contribution in [0.4, 0.5) is 4.79 Å². The maximum atomic E-state index is 11.7. The van der Waals surface area contributed by atoms with Crippen LogP contribution in [0.25, 0.3) is 0 Å². The first-order valence-corrected chi connectivity index (χ1v) is 6.41. The summed E-state index contributed by atoms with van der Waals surface area (Å²) in [7, 11) is 0. The average molecular weight is 263 g/mol. The number of carboxylic acids is 1. The first-order chi connectivity index (χ1) is 9.15. The van der Waals surface area contributed by atoms with Crippen molar-refractivity contribution in [1.29, 1.82) is 0 Å². The van der Waals surface area contributed by atoms with Gasteiger partial charge in [-0.1, -0.05) is 24.6 Å². The van der Waals surface area contributed by atoms with Gasteiger partial charge >= 0.3 is 12.1 Å². The number of amides is 1. The molecular formula is C14H17NO4. The molecule has 102 valence electrons. The van der Waals surface area contributed by atoms with Crippen molar-refractivity contribution in [1.82, 2.24) is 5.32 Å². The lowest BCUT2D eigenvalue weighted by Gasteiger charge is -2.26. The number of carboxylic acid groups (broad SMARTS) is 1. The number of hydrogen-bond donors (Lipinski definition) is 2. The van der Waals surface area contributed by atoms with Gasteiger partial charge < -0.3 is 15.2 Å². The average Bonchev–Trinajstić information content (AvgIpc) is 2.40. The van der Waals surface area contributed by atoms with E-state index in [2.05, 4.69) is 5.32 Å². The fourth-order valence-corrected chi connectivity index (χ4v) is 2.34. The molecule has 19 heavy (non-hydrogen) atoms. The van der Waals surface area contributed by atoms with Gasteiger partial charge in [0.15, 0.2) is 0 Å². The largest absolute Gasteiger partial charge is 0.481 e. The molecule has 0 spiro atoms. The number of carbonyl (C=O) groups is 2. The Bertz CT molecular complexity index is 446. The van der Waals surface area contributed by atoms with Crippen LogP contribution in [0, 0.1) is 5.92 Å². The van der Waals surface area contributed by atoms with Gasteiger partial charge in [-0.2, -0.15) is 0 Å². The van der Waals surface area contributed by atoms with Crippen LogP contribution >= 0.6 is 0 Å². The normalized spacial score (nSPS) is 22.5. The minimum atomic E-state index is -0.789. The molecule has 2 atom stereocenters. The molecule has 1 aliphatic rings. The number of aliphatic carboxylic acids is 1. The van der Waals surface area contributed by atoms with Crippen LogP contribution in [0.15, 0.2) is 30.3 Å². The summed E-state index contributed by atoms with van der Waals surface area (Å²) in [6.07, 6.45) is 2.24. The molecule has 1 saturated carbocycles. The number of rotatable bonds is 3. The van der Waals surface area contributed by atoms with Crippen LogP contribution in [0.5, 0.6) is 5.75 Å². The van der Waals surface area contributed by atoms with Gasteiger partial charge in [-0.05, 0) is 31.4 Å². The van der Waals surface area contributed by atoms with Gasteiger partial charge in [-0.15, -0.1) is 0 Å². The summed E-state index contributed by atoms with van der Waals surface area (Å²) in [5.74, 6) is -0.677. The standard InChI is InChI=1S/C14H17NO4/c16-13(17)10-5-4-6-11(9-10)15-14(18)19-12-7-2-1-3-8-12/h1-3,7-8,10-11H,4-6,9H2,(H,15,18)(H,16,17). The van der Waals surface area contributed by atoms with Gasteiger partial charge in [0.05, 0.1) is 5.92 Å². The minimum absolute atomic E-state index is 0.119. The lowest BCUT2D eigenvalue weighted by molar-refractivity contribution is -0.143. The van der Waals surface area contributed by atoms with Crippen molar-refractivity contribution in [3.05, 3.63) is 30.3 Å². The van der Waals surface area contributed by atoms with Gasteiger partial charge in [0.1, 0.15) is 5.75 Å². The van der Waals surface area contributed by atoms with E-state index in [0.717, 1.165) is 12.8 Å². The third-order valence-electron chi connectivity index (χ3n) is 3.30. The second kappa shape index (κ2) is 6.22. The molecule has 2 N–H and O–H groups in total. The van der Waals surface area contributed by atoms with E-state index in [1.165, 1.54) is 0 Å². The maximum Gasteiger partial charge on any atom is 0.412 e. The van der Waals surface area contributed by atoms with Crippen LogP contribution in [0.2, 0.25) is 0 Å². The SMILES string of the molecule is O=C(NC1CCCC(C(=O)O)C1)Oc1ccccc1. The van der Waals surface area contributed by atoms with E-state index in [0.29, 0.717) is 18.6 Å². The van der Waals surface area contributed by atoms with Crippen LogP contribution in [-0.4, -0.2) is 23.2 Å². The lowest BCUT2D eigenvalue weighted by atomic mass is 9.86. The Morgan fingerprint density at radius 3 is 2.63 bits per heavy atom. The zero-order valence-corrected chi connectivity index (χ0v) is 10.5. The van der Waals surface area contributed by atoms with Crippen molar-refractivity contribution in [2.24, 2.45) is 5.92 Å². The number of nitrogens with one attached hydrogen (secondary N) is 1. The van der Waals surface area contributed by atoms with Crippen LogP contribution < -0.4 is 10.1 Å².